The van der Waals surface area contributed by atoms with E-state index in [4.69, 9.17) is 0 Å². The minimum absolute atomic E-state index is 0.0130. The van der Waals surface area contributed by atoms with Crippen molar-refractivity contribution in [1.82, 2.24) is 0 Å². The number of para-hydroxylation sites is 3. The molecule has 0 N–H and O–H groups in total. The lowest BCUT2D eigenvalue weighted by atomic mass is 9.42. The Labute approximate surface area is 356 Å². The molecule has 5 saturated carbocycles. The maximum Gasteiger partial charge on any atom is 0.0465 e. The van der Waals surface area contributed by atoms with Crippen molar-refractivity contribution >= 4 is 34.1 Å². The number of benzene rings is 7. The number of fused-ring (bicyclic) bond motifs is 5. The molecule has 2 heteroatoms. The van der Waals surface area contributed by atoms with Gasteiger partial charge in [-0.15, -0.1) is 0 Å². The lowest BCUT2D eigenvalue weighted by molar-refractivity contribution is -0.0418. The zero-order valence-corrected chi connectivity index (χ0v) is 34.6. The Balaban J connectivity index is 0.956. The van der Waals surface area contributed by atoms with E-state index in [-0.39, 0.29) is 10.8 Å². The Morgan fingerprint density at radius 3 is 1.28 bits per heavy atom. The lowest BCUT2D eigenvalue weighted by Gasteiger charge is -2.62. The van der Waals surface area contributed by atoms with Gasteiger partial charge in [0, 0.05) is 45.0 Å². The van der Waals surface area contributed by atoms with Crippen molar-refractivity contribution in [3.05, 3.63) is 204 Å². The molecular formula is C58H54N2. The third-order valence-electron chi connectivity index (χ3n) is 15.9. The molecule has 4 bridgehead atoms. The zero-order chi connectivity index (χ0) is 39.7. The molecule has 13 rings (SSSR count). The van der Waals surface area contributed by atoms with Crippen LogP contribution in [0, 0.1) is 23.7 Å². The number of anilines is 6. The van der Waals surface area contributed by atoms with Crippen LogP contribution in [0.15, 0.2) is 182 Å². The van der Waals surface area contributed by atoms with Crippen LogP contribution < -0.4 is 9.80 Å². The van der Waals surface area contributed by atoms with E-state index in [0.29, 0.717) is 11.8 Å². The van der Waals surface area contributed by atoms with Gasteiger partial charge in [0.15, 0.2) is 0 Å². The fourth-order valence-corrected chi connectivity index (χ4v) is 13.7. The fourth-order valence-electron chi connectivity index (χ4n) is 13.7. The number of rotatable bonds is 8. The summed E-state index contributed by atoms with van der Waals surface area (Å²) in [6.45, 7) is 0. The van der Waals surface area contributed by atoms with Crippen molar-refractivity contribution in [3.63, 3.8) is 0 Å². The Bertz CT molecular complexity index is 2560. The maximum absolute atomic E-state index is 2.57. The number of nitrogens with zero attached hydrogens (tertiary/aromatic N) is 2. The van der Waals surface area contributed by atoms with Gasteiger partial charge in [-0.25, -0.2) is 0 Å². The van der Waals surface area contributed by atoms with Gasteiger partial charge in [0.05, 0.1) is 0 Å². The summed E-state index contributed by atoms with van der Waals surface area (Å²) in [5, 5.41) is 0. The summed E-state index contributed by atoms with van der Waals surface area (Å²) in [4.78, 5) is 4.91. The van der Waals surface area contributed by atoms with E-state index in [9.17, 15) is 0 Å². The van der Waals surface area contributed by atoms with Crippen LogP contribution in [0.2, 0.25) is 0 Å². The molecule has 2 nitrogen and oxygen atoms in total. The first-order chi connectivity index (χ1) is 29.7. The number of hydrogen-bond acceptors (Lipinski definition) is 2. The summed E-state index contributed by atoms with van der Waals surface area (Å²) in [5.41, 5.74) is 16.4. The van der Waals surface area contributed by atoms with E-state index in [1.165, 1.54) is 126 Å². The second-order valence-corrected chi connectivity index (χ2v) is 18.9. The summed E-state index contributed by atoms with van der Waals surface area (Å²) in [7, 11) is 0. The highest BCUT2D eigenvalue weighted by Gasteiger charge is 2.58. The van der Waals surface area contributed by atoms with Gasteiger partial charge in [-0.05, 0) is 175 Å². The van der Waals surface area contributed by atoms with Crippen molar-refractivity contribution in [1.29, 1.82) is 0 Å². The second-order valence-electron chi connectivity index (χ2n) is 18.9. The monoisotopic (exact) mass is 778 g/mol. The highest BCUT2D eigenvalue weighted by molar-refractivity contribution is 5.86. The molecule has 60 heavy (non-hydrogen) atoms. The van der Waals surface area contributed by atoms with Gasteiger partial charge in [-0.1, -0.05) is 128 Å². The lowest BCUT2D eigenvalue weighted by Crippen LogP contribution is -2.56. The molecule has 0 unspecified atom stereocenters. The Morgan fingerprint density at radius 2 is 0.767 bits per heavy atom. The molecule has 5 fully saturated rings. The van der Waals surface area contributed by atoms with Crippen molar-refractivity contribution in [2.75, 3.05) is 9.80 Å². The summed E-state index contributed by atoms with van der Waals surface area (Å²) in [6.07, 6.45) is 13.3. The van der Waals surface area contributed by atoms with Gasteiger partial charge in [-0.3, -0.25) is 0 Å². The average Bonchev–Trinajstić information content (AvgIpc) is 3.56. The van der Waals surface area contributed by atoms with Crippen molar-refractivity contribution < 1.29 is 0 Å². The van der Waals surface area contributed by atoms with Crippen LogP contribution in [0.5, 0.6) is 0 Å². The van der Waals surface area contributed by atoms with Crippen LogP contribution in [-0.2, 0) is 10.8 Å². The van der Waals surface area contributed by atoms with E-state index in [2.05, 4.69) is 192 Å². The van der Waals surface area contributed by atoms with Crippen LogP contribution in [-0.4, -0.2) is 0 Å². The number of hydrogen-bond donors (Lipinski definition) is 0. The second kappa shape index (κ2) is 14.4. The molecule has 0 radical (unpaired) electrons. The molecule has 7 aromatic carbocycles. The molecule has 296 valence electrons. The zero-order valence-electron chi connectivity index (χ0n) is 34.6. The quantitative estimate of drug-likeness (QED) is 0.152. The first-order valence-electron chi connectivity index (χ1n) is 22.9. The van der Waals surface area contributed by atoms with E-state index >= 15 is 0 Å². The third kappa shape index (κ3) is 5.59. The SMILES string of the molecule is c1ccc(N(c2ccccc2)c2ccc(C3(c4ccc(N(c5ccccc5)c5ccc6c(c5)C5(CCCCC5)c5ccccc5-6)cc4)C4CC5CC(C4)CC3C5)cc2)cc1. The first kappa shape index (κ1) is 36.0. The summed E-state index contributed by atoms with van der Waals surface area (Å²) in [5.74, 6) is 3.11. The Kier molecular flexibility index (Phi) is 8.65. The smallest absolute Gasteiger partial charge is 0.0465 e. The molecule has 1 spiro atoms. The molecule has 0 atom stereocenters. The third-order valence-corrected chi connectivity index (χ3v) is 15.9. The summed E-state index contributed by atoms with van der Waals surface area (Å²) in [6, 6.07) is 69.2. The molecule has 0 aliphatic heterocycles. The van der Waals surface area contributed by atoms with Crippen LogP contribution >= 0.6 is 0 Å². The summed E-state index contributed by atoms with van der Waals surface area (Å²) >= 11 is 0. The normalized spacial score (nSPS) is 24.2. The van der Waals surface area contributed by atoms with E-state index < -0.39 is 0 Å². The Morgan fingerprint density at radius 1 is 0.350 bits per heavy atom. The van der Waals surface area contributed by atoms with Gasteiger partial charge in [0.2, 0.25) is 0 Å². The predicted octanol–water partition coefficient (Wildman–Crippen LogP) is 15.6. The molecule has 0 amide bonds. The molecule has 7 aromatic rings. The molecule has 0 heterocycles. The fraction of sp³-hybridized carbons (Fsp3) is 0.276. The van der Waals surface area contributed by atoms with Gasteiger partial charge in [-0.2, -0.15) is 0 Å². The van der Waals surface area contributed by atoms with E-state index in [1.54, 1.807) is 5.56 Å². The molecule has 6 aliphatic carbocycles. The standard InChI is InChI=1S/C58H54N2/c1-5-15-47(16-6-1)59(48-17-7-2-8-18-48)50-27-23-43(24-28-50)58(45-36-41-35-42(38-45)39-46(58)37-41)44-25-29-51(30-26-44)60(49-19-9-3-10-20-49)52-31-32-54-53-21-11-12-22-55(53)57(56(54)40-52)33-13-4-14-34-57/h1-3,5-12,15-32,40-42,45-46H,4,13-14,33-39H2. The predicted molar refractivity (Wildman–Crippen MR) is 249 cm³/mol. The highest BCUT2D eigenvalue weighted by atomic mass is 15.1. The minimum Gasteiger partial charge on any atom is -0.311 e. The van der Waals surface area contributed by atoms with Gasteiger partial charge < -0.3 is 9.80 Å². The van der Waals surface area contributed by atoms with E-state index in [0.717, 1.165) is 11.8 Å². The topological polar surface area (TPSA) is 6.48 Å². The van der Waals surface area contributed by atoms with Gasteiger partial charge >= 0.3 is 0 Å². The highest BCUT2D eigenvalue weighted by Crippen LogP contribution is 2.65. The van der Waals surface area contributed by atoms with Crippen LogP contribution in [0.25, 0.3) is 11.1 Å². The van der Waals surface area contributed by atoms with Crippen molar-refractivity contribution in [2.24, 2.45) is 23.7 Å². The Hall–Kier alpha value is -5.86. The first-order valence-corrected chi connectivity index (χ1v) is 22.9. The van der Waals surface area contributed by atoms with Crippen LogP contribution in [0.1, 0.15) is 86.5 Å². The minimum atomic E-state index is 0.0130. The van der Waals surface area contributed by atoms with Crippen molar-refractivity contribution in [2.45, 2.75) is 75.0 Å². The molecular weight excluding hydrogens is 725 g/mol. The molecule has 0 aromatic heterocycles. The van der Waals surface area contributed by atoms with Crippen LogP contribution in [0.3, 0.4) is 0 Å². The van der Waals surface area contributed by atoms with Gasteiger partial charge in [0.1, 0.15) is 0 Å². The molecule has 0 saturated heterocycles. The summed E-state index contributed by atoms with van der Waals surface area (Å²) < 4.78 is 0. The average molecular weight is 779 g/mol. The van der Waals surface area contributed by atoms with E-state index in [1.807, 2.05) is 0 Å². The largest absolute Gasteiger partial charge is 0.311 e. The molecule has 6 aliphatic rings. The maximum atomic E-state index is 2.57. The van der Waals surface area contributed by atoms with Crippen LogP contribution in [0.4, 0.5) is 34.1 Å². The van der Waals surface area contributed by atoms with Crippen molar-refractivity contribution in [3.8, 4) is 11.1 Å². The van der Waals surface area contributed by atoms with Gasteiger partial charge in [0.25, 0.3) is 0 Å².